The van der Waals surface area contributed by atoms with E-state index in [4.69, 9.17) is 15.2 Å². The quantitative estimate of drug-likeness (QED) is 0.772. The predicted molar refractivity (Wildman–Crippen MR) is 75.1 cm³/mol. The van der Waals surface area contributed by atoms with Crippen LogP contribution in [0.2, 0.25) is 0 Å². The second-order valence-electron chi connectivity index (χ2n) is 4.84. The number of methoxy groups -OCH3 is 1. The lowest BCUT2D eigenvalue weighted by atomic mass is 9.94. The fourth-order valence-electron chi connectivity index (χ4n) is 2.00. The highest BCUT2D eigenvalue weighted by molar-refractivity contribution is 5.32. The molecule has 0 aliphatic rings. The Kier molecular flexibility index (Phi) is 6.58. The van der Waals surface area contributed by atoms with Gasteiger partial charge in [0.15, 0.2) is 0 Å². The van der Waals surface area contributed by atoms with Gasteiger partial charge in [-0.3, -0.25) is 0 Å². The fraction of sp³-hybridized carbons (Fsp3) is 0.600. The molecule has 18 heavy (non-hydrogen) atoms. The third kappa shape index (κ3) is 4.96. The van der Waals surface area contributed by atoms with Gasteiger partial charge in [0.05, 0.1) is 13.7 Å². The first kappa shape index (κ1) is 14.8. The summed E-state index contributed by atoms with van der Waals surface area (Å²) in [7, 11) is 1.66. The molecule has 0 saturated carbocycles. The third-order valence-electron chi connectivity index (χ3n) is 3.22. The van der Waals surface area contributed by atoms with Crippen molar-refractivity contribution in [1.29, 1.82) is 0 Å². The van der Waals surface area contributed by atoms with Crippen LogP contribution in [0.4, 0.5) is 0 Å². The molecule has 2 N–H and O–H groups in total. The molecule has 3 nitrogen and oxygen atoms in total. The number of rotatable bonds is 8. The first-order valence-corrected chi connectivity index (χ1v) is 6.66. The zero-order valence-electron chi connectivity index (χ0n) is 11.7. The van der Waals surface area contributed by atoms with Crippen molar-refractivity contribution in [2.45, 2.75) is 26.7 Å². The summed E-state index contributed by atoms with van der Waals surface area (Å²) >= 11 is 0. The van der Waals surface area contributed by atoms with Crippen LogP contribution >= 0.6 is 0 Å². The lowest BCUT2D eigenvalue weighted by Crippen LogP contribution is -2.19. The molecule has 0 aromatic heterocycles. The maximum absolute atomic E-state index is 5.78. The molecule has 0 fully saturated rings. The summed E-state index contributed by atoms with van der Waals surface area (Å²) in [6.45, 7) is 5.88. The van der Waals surface area contributed by atoms with Crippen LogP contribution in [0.1, 0.15) is 26.7 Å². The summed E-state index contributed by atoms with van der Waals surface area (Å²) in [5, 5.41) is 0. The molecule has 0 spiro atoms. The molecule has 3 heteroatoms. The van der Waals surface area contributed by atoms with Gasteiger partial charge in [-0.15, -0.1) is 0 Å². The van der Waals surface area contributed by atoms with E-state index in [1.54, 1.807) is 7.11 Å². The van der Waals surface area contributed by atoms with Gasteiger partial charge in [0.1, 0.15) is 11.5 Å². The normalized spacial score (nSPS) is 14.0. The zero-order valence-corrected chi connectivity index (χ0v) is 11.7. The van der Waals surface area contributed by atoms with Crippen molar-refractivity contribution in [2.75, 3.05) is 20.3 Å². The average Bonchev–Trinajstić information content (AvgIpc) is 2.42. The van der Waals surface area contributed by atoms with Crippen molar-refractivity contribution in [3.63, 3.8) is 0 Å². The highest BCUT2D eigenvalue weighted by Gasteiger charge is 2.10. The molecule has 1 rings (SSSR count). The van der Waals surface area contributed by atoms with Gasteiger partial charge >= 0.3 is 0 Å². The molecular formula is C15H25NO2. The minimum Gasteiger partial charge on any atom is -0.497 e. The summed E-state index contributed by atoms with van der Waals surface area (Å²) in [4.78, 5) is 0. The molecule has 0 aliphatic heterocycles. The van der Waals surface area contributed by atoms with Crippen LogP contribution in [0.3, 0.4) is 0 Å². The topological polar surface area (TPSA) is 44.5 Å². The third-order valence-corrected chi connectivity index (χ3v) is 3.22. The highest BCUT2D eigenvalue weighted by atomic mass is 16.5. The van der Waals surface area contributed by atoms with Crippen LogP contribution in [0.25, 0.3) is 0 Å². The molecule has 1 aromatic rings. The van der Waals surface area contributed by atoms with Gasteiger partial charge in [-0.1, -0.05) is 26.3 Å². The summed E-state index contributed by atoms with van der Waals surface area (Å²) < 4.78 is 10.9. The minimum absolute atomic E-state index is 0.518. The molecule has 0 amide bonds. The second kappa shape index (κ2) is 7.98. The molecule has 2 atom stereocenters. The van der Waals surface area contributed by atoms with E-state index >= 15 is 0 Å². The summed E-state index contributed by atoms with van der Waals surface area (Å²) in [5.74, 6) is 2.81. The Labute approximate surface area is 110 Å². The second-order valence-corrected chi connectivity index (χ2v) is 4.84. The Hall–Kier alpha value is -1.22. The molecule has 0 heterocycles. The largest absolute Gasteiger partial charge is 0.497 e. The Balaban J connectivity index is 2.39. The van der Waals surface area contributed by atoms with Crippen LogP contribution in [-0.2, 0) is 0 Å². The average molecular weight is 251 g/mol. The maximum Gasteiger partial charge on any atom is 0.122 e. The Morgan fingerprint density at radius 2 is 2.00 bits per heavy atom. The zero-order chi connectivity index (χ0) is 13.4. The molecule has 0 saturated heterocycles. The fourth-order valence-corrected chi connectivity index (χ4v) is 2.00. The van der Waals surface area contributed by atoms with Crippen molar-refractivity contribution >= 4 is 0 Å². The van der Waals surface area contributed by atoms with Gasteiger partial charge in [-0.25, -0.2) is 0 Å². The van der Waals surface area contributed by atoms with E-state index in [0.717, 1.165) is 37.5 Å². The minimum atomic E-state index is 0.518. The van der Waals surface area contributed by atoms with Crippen molar-refractivity contribution in [3.05, 3.63) is 24.3 Å². The summed E-state index contributed by atoms with van der Waals surface area (Å²) in [6.07, 6.45) is 2.26. The van der Waals surface area contributed by atoms with Gasteiger partial charge < -0.3 is 15.2 Å². The SMILES string of the molecule is CC[C@H](CN)C[C@H](C)COc1cccc(OC)c1. The maximum atomic E-state index is 5.78. The molecule has 0 bridgehead atoms. The predicted octanol–water partition coefficient (Wildman–Crippen LogP) is 3.09. The standard InChI is InChI=1S/C15H25NO2/c1-4-13(10-16)8-12(2)11-18-15-7-5-6-14(9-15)17-3/h5-7,9,12-13H,4,8,10-11,16H2,1-3H3/t12-,13-/m0/s1. The first-order valence-electron chi connectivity index (χ1n) is 6.66. The molecule has 1 aromatic carbocycles. The number of hydrogen-bond donors (Lipinski definition) is 1. The van der Waals surface area contributed by atoms with E-state index in [-0.39, 0.29) is 0 Å². The lowest BCUT2D eigenvalue weighted by Gasteiger charge is -2.18. The number of nitrogens with two attached hydrogens (primary N) is 1. The van der Waals surface area contributed by atoms with E-state index in [1.165, 1.54) is 0 Å². The monoisotopic (exact) mass is 251 g/mol. The van der Waals surface area contributed by atoms with Crippen LogP contribution in [0.5, 0.6) is 11.5 Å². The lowest BCUT2D eigenvalue weighted by molar-refractivity contribution is 0.230. The van der Waals surface area contributed by atoms with Gasteiger partial charge in [0.2, 0.25) is 0 Å². The van der Waals surface area contributed by atoms with E-state index in [2.05, 4.69) is 13.8 Å². The van der Waals surface area contributed by atoms with Crippen molar-refractivity contribution < 1.29 is 9.47 Å². The number of hydrogen-bond acceptors (Lipinski definition) is 3. The van der Waals surface area contributed by atoms with Gasteiger partial charge in [0, 0.05) is 6.07 Å². The van der Waals surface area contributed by atoms with Crippen molar-refractivity contribution in [3.8, 4) is 11.5 Å². The van der Waals surface area contributed by atoms with Gasteiger partial charge in [-0.2, -0.15) is 0 Å². The Bertz CT molecular complexity index is 337. The van der Waals surface area contributed by atoms with Gasteiger partial charge in [0.25, 0.3) is 0 Å². The molecule has 0 aliphatic carbocycles. The highest BCUT2D eigenvalue weighted by Crippen LogP contribution is 2.21. The van der Waals surface area contributed by atoms with Crippen LogP contribution in [0, 0.1) is 11.8 Å². The smallest absolute Gasteiger partial charge is 0.122 e. The molecule has 102 valence electrons. The molecule has 0 unspecified atom stereocenters. The Morgan fingerprint density at radius 3 is 2.61 bits per heavy atom. The van der Waals surface area contributed by atoms with E-state index in [0.29, 0.717) is 11.8 Å². The Morgan fingerprint density at radius 1 is 1.28 bits per heavy atom. The summed E-state index contributed by atoms with van der Waals surface area (Å²) in [5.41, 5.74) is 5.72. The van der Waals surface area contributed by atoms with Crippen molar-refractivity contribution in [2.24, 2.45) is 17.6 Å². The van der Waals surface area contributed by atoms with E-state index in [9.17, 15) is 0 Å². The first-order chi connectivity index (χ1) is 8.69. The van der Waals surface area contributed by atoms with Crippen LogP contribution in [0.15, 0.2) is 24.3 Å². The molecule has 0 radical (unpaired) electrons. The summed E-state index contributed by atoms with van der Waals surface area (Å²) in [6, 6.07) is 7.72. The van der Waals surface area contributed by atoms with Gasteiger partial charge in [-0.05, 0) is 36.9 Å². The van der Waals surface area contributed by atoms with E-state index in [1.807, 2.05) is 24.3 Å². The van der Waals surface area contributed by atoms with Crippen LogP contribution in [-0.4, -0.2) is 20.3 Å². The molecular weight excluding hydrogens is 226 g/mol. The number of ether oxygens (including phenoxy) is 2. The van der Waals surface area contributed by atoms with E-state index < -0.39 is 0 Å². The van der Waals surface area contributed by atoms with Crippen LogP contribution < -0.4 is 15.2 Å². The number of benzene rings is 1. The van der Waals surface area contributed by atoms with Crippen molar-refractivity contribution in [1.82, 2.24) is 0 Å².